The third-order valence-corrected chi connectivity index (χ3v) is 3.20. The van der Waals surface area contributed by atoms with E-state index in [0.717, 1.165) is 10.8 Å². The lowest BCUT2D eigenvalue weighted by Gasteiger charge is -2.11. The molecule has 4 heteroatoms. The highest BCUT2D eigenvalue weighted by Gasteiger charge is 2.14. The van der Waals surface area contributed by atoms with Crippen molar-refractivity contribution in [1.82, 2.24) is 0 Å². The van der Waals surface area contributed by atoms with Crippen LogP contribution in [0.5, 0.6) is 0 Å². The molecule has 0 bridgehead atoms. The van der Waals surface area contributed by atoms with Crippen molar-refractivity contribution in [3.8, 4) is 0 Å². The number of hydrogen-bond acceptors (Lipinski definition) is 3. The number of carbonyl (C=O) groups excluding carboxylic acids is 1. The molecule has 4 nitrogen and oxygen atoms in total. The molecule has 0 aromatic heterocycles. The largest absolute Gasteiger partial charge is 0.478 e. The fraction of sp³-hybridized carbons (Fsp3) is 0.176. The quantitative estimate of drug-likeness (QED) is 0.676. The van der Waals surface area contributed by atoms with Crippen LogP contribution in [0.25, 0.3) is 10.8 Å². The zero-order chi connectivity index (χ0) is 15.4. The second-order valence-corrected chi connectivity index (χ2v) is 4.78. The average molecular weight is 284 g/mol. The second-order valence-electron chi connectivity index (χ2n) is 4.78. The minimum Gasteiger partial charge on any atom is -0.478 e. The first kappa shape index (κ1) is 14.8. The normalized spacial score (nSPS) is 10.3. The van der Waals surface area contributed by atoms with Gasteiger partial charge in [-0.1, -0.05) is 36.9 Å². The van der Waals surface area contributed by atoms with Crippen molar-refractivity contribution in [3.63, 3.8) is 0 Å². The number of carbonyl (C=O) groups is 2. The maximum absolute atomic E-state index is 11.4. The molecule has 0 radical (unpaired) electrons. The number of benzene rings is 2. The molecule has 21 heavy (non-hydrogen) atoms. The average Bonchev–Trinajstić information content (AvgIpc) is 2.46. The molecule has 0 aliphatic rings. The molecule has 1 N–H and O–H groups in total. The van der Waals surface area contributed by atoms with Gasteiger partial charge in [0.05, 0.1) is 12.2 Å². The summed E-state index contributed by atoms with van der Waals surface area (Å²) in [5, 5.41) is 11.1. The van der Waals surface area contributed by atoms with E-state index in [4.69, 9.17) is 4.74 Å². The van der Waals surface area contributed by atoms with Gasteiger partial charge in [-0.25, -0.2) is 9.59 Å². The van der Waals surface area contributed by atoms with Gasteiger partial charge in [0, 0.05) is 12.0 Å². The van der Waals surface area contributed by atoms with Crippen molar-refractivity contribution in [3.05, 3.63) is 59.7 Å². The fourth-order valence-corrected chi connectivity index (χ4v) is 2.17. The topological polar surface area (TPSA) is 63.6 Å². The van der Waals surface area contributed by atoms with Gasteiger partial charge in [0.1, 0.15) is 0 Å². The van der Waals surface area contributed by atoms with E-state index in [1.165, 1.54) is 0 Å². The summed E-state index contributed by atoms with van der Waals surface area (Å²) in [6, 6.07) is 10.9. The van der Waals surface area contributed by atoms with E-state index >= 15 is 0 Å². The smallest absolute Gasteiger partial charge is 0.335 e. The monoisotopic (exact) mass is 284 g/mol. The van der Waals surface area contributed by atoms with E-state index in [1.807, 2.05) is 24.3 Å². The Morgan fingerprint density at radius 3 is 2.57 bits per heavy atom. The Balaban J connectivity index is 2.31. The number of fused-ring (bicyclic) bond motifs is 1. The van der Waals surface area contributed by atoms with Crippen LogP contribution in [-0.2, 0) is 16.0 Å². The van der Waals surface area contributed by atoms with Crippen LogP contribution in [0.2, 0.25) is 0 Å². The Kier molecular flexibility index (Phi) is 4.38. The summed E-state index contributed by atoms with van der Waals surface area (Å²) >= 11 is 0. The number of aromatic carboxylic acids is 1. The van der Waals surface area contributed by atoms with Crippen molar-refractivity contribution < 1.29 is 19.4 Å². The minimum atomic E-state index is -0.984. The van der Waals surface area contributed by atoms with Crippen LogP contribution in [0.3, 0.4) is 0 Å². The Bertz CT molecular complexity index is 716. The molecular formula is C17H16O4. The third-order valence-electron chi connectivity index (χ3n) is 3.20. The summed E-state index contributed by atoms with van der Waals surface area (Å²) in [6.07, 6.45) is 0.349. The van der Waals surface area contributed by atoms with Crippen molar-refractivity contribution in [2.24, 2.45) is 0 Å². The zero-order valence-corrected chi connectivity index (χ0v) is 11.8. The Morgan fingerprint density at radius 2 is 1.90 bits per heavy atom. The third kappa shape index (κ3) is 3.28. The molecule has 2 aromatic carbocycles. The van der Waals surface area contributed by atoms with Crippen LogP contribution in [0.15, 0.2) is 48.6 Å². The minimum absolute atomic E-state index is 0.125. The molecule has 0 amide bonds. The molecule has 0 fully saturated rings. The molecule has 108 valence electrons. The molecular weight excluding hydrogens is 268 g/mol. The fourth-order valence-electron chi connectivity index (χ4n) is 2.17. The summed E-state index contributed by atoms with van der Waals surface area (Å²) in [4.78, 5) is 22.7. The van der Waals surface area contributed by atoms with Crippen molar-refractivity contribution >= 4 is 22.7 Å². The number of esters is 1. The van der Waals surface area contributed by atoms with E-state index in [2.05, 4.69) is 6.58 Å². The molecule has 0 unspecified atom stereocenters. The SMILES string of the molecule is C=C(C)C(=O)OCCc1c(C(=O)O)ccc2ccccc12. The van der Waals surface area contributed by atoms with Gasteiger partial charge in [-0.3, -0.25) is 0 Å². The maximum atomic E-state index is 11.4. The molecule has 0 atom stereocenters. The maximum Gasteiger partial charge on any atom is 0.335 e. The lowest BCUT2D eigenvalue weighted by atomic mass is 9.97. The van der Waals surface area contributed by atoms with Crippen LogP contribution in [0.4, 0.5) is 0 Å². The summed E-state index contributed by atoms with van der Waals surface area (Å²) in [5.74, 6) is -1.45. The van der Waals surface area contributed by atoms with E-state index in [1.54, 1.807) is 19.1 Å². The first-order chi connectivity index (χ1) is 10.0. The van der Waals surface area contributed by atoms with E-state index in [0.29, 0.717) is 17.6 Å². The molecule has 0 saturated heterocycles. The van der Waals surface area contributed by atoms with Gasteiger partial charge in [0.2, 0.25) is 0 Å². The molecule has 0 heterocycles. The number of ether oxygens (including phenoxy) is 1. The molecule has 0 spiro atoms. The van der Waals surface area contributed by atoms with Crippen LogP contribution in [0.1, 0.15) is 22.8 Å². The Morgan fingerprint density at radius 1 is 1.19 bits per heavy atom. The molecule has 2 aromatic rings. The highest BCUT2D eigenvalue weighted by atomic mass is 16.5. The van der Waals surface area contributed by atoms with Gasteiger partial charge in [-0.05, 0) is 29.3 Å². The predicted octanol–water partition coefficient (Wildman–Crippen LogP) is 3.20. The lowest BCUT2D eigenvalue weighted by molar-refractivity contribution is -0.138. The standard InChI is InChI=1S/C17H16O4/c1-11(2)17(20)21-10-9-14-13-6-4-3-5-12(13)7-8-15(14)16(18)19/h3-8H,1,9-10H2,2H3,(H,18,19). The molecule has 0 aliphatic heterocycles. The van der Waals surface area contributed by atoms with Gasteiger partial charge in [0.25, 0.3) is 0 Å². The second kappa shape index (κ2) is 6.22. The van der Waals surface area contributed by atoms with E-state index in [9.17, 15) is 14.7 Å². The van der Waals surface area contributed by atoms with Gasteiger partial charge in [-0.2, -0.15) is 0 Å². The molecule has 2 rings (SSSR count). The molecule has 0 saturated carbocycles. The number of carboxylic acid groups (broad SMARTS) is 1. The first-order valence-corrected chi connectivity index (χ1v) is 6.57. The number of carboxylic acids is 1. The zero-order valence-electron chi connectivity index (χ0n) is 11.8. The van der Waals surface area contributed by atoms with Crippen molar-refractivity contribution in [2.75, 3.05) is 6.61 Å². The highest BCUT2D eigenvalue weighted by Crippen LogP contribution is 2.23. The van der Waals surface area contributed by atoms with Gasteiger partial charge < -0.3 is 9.84 Å². The van der Waals surface area contributed by atoms with E-state index in [-0.39, 0.29) is 12.2 Å². The van der Waals surface area contributed by atoms with Crippen molar-refractivity contribution in [2.45, 2.75) is 13.3 Å². The van der Waals surface area contributed by atoms with E-state index < -0.39 is 11.9 Å². The van der Waals surface area contributed by atoms with Gasteiger partial charge in [-0.15, -0.1) is 0 Å². The van der Waals surface area contributed by atoms with Crippen LogP contribution >= 0.6 is 0 Å². The highest BCUT2D eigenvalue weighted by molar-refractivity contribution is 5.98. The Labute approximate surface area is 122 Å². The summed E-state index contributed by atoms with van der Waals surface area (Å²) in [6.45, 7) is 5.21. The van der Waals surface area contributed by atoms with Crippen LogP contribution in [0, 0.1) is 0 Å². The number of rotatable bonds is 5. The van der Waals surface area contributed by atoms with Crippen molar-refractivity contribution in [1.29, 1.82) is 0 Å². The van der Waals surface area contributed by atoms with Gasteiger partial charge in [0.15, 0.2) is 0 Å². The summed E-state index contributed by atoms with van der Waals surface area (Å²) in [5.41, 5.74) is 1.24. The summed E-state index contributed by atoms with van der Waals surface area (Å²) in [7, 11) is 0. The predicted molar refractivity (Wildman–Crippen MR) is 80.4 cm³/mol. The number of hydrogen-bond donors (Lipinski definition) is 1. The van der Waals surface area contributed by atoms with Gasteiger partial charge >= 0.3 is 11.9 Å². The molecule has 0 aliphatic carbocycles. The Hall–Kier alpha value is -2.62. The lowest BCUT2D eigenvalue weighted by Crippen LogP contribution is -2.11. The van der Waals surface area contributed by atoms with Crippen LogP contribution in [-0.4, -0.2) is 23.7 Å². The summed E-state index contributed by atoms with van der Waals surface area (Å²) < 4.78 is 5.06. The van der Waals surface area contributed by atoms with Crippen LogP contribution < -0.4 is 0 Å². The first-order valence-electron chi connectivity index (χ1n) is 6.57.